The molecule has 1 aromatic carbocycles. The number of unbranched alkanes of at least 4 members (excludes halogenated alkanes) is 3. The number of benzene rings is 1. The number of halogens is 3. The first-order chi connectivity index (χ1) is 12.8. The van der Waals surface area contributed by atoms with Gasteiger partial charge >= 0.3 is 6.18 Å². The molecule has 1 heterocycles. The van der Waals surface area contributed by atoms with Gasteiger partial charge in [0.1, 0.15) is 5.56 Å². The van der Waals surface area contributed by atoms with Crippen molar-refractivity contribution in [2.75, 3.05) is 11.9 Å². The molecule has 0 unspecified atom stereocenters. The van der Waals surface area contributed by atoms with Crippen LogP contribution in [0.4, 0.5) is 30.5 Å². The molecule has 0 aliphatic rings. The first-order valence-electron chi connectivity index (χ1n) is 8.39. The second-order valence-corrected chi connectivity index (χ2v) is 5.75. The van der Waals surface area contributed by atoms with Crippen molar-refractivity contribution in [3.8, 4) is 5.88 Å². The Balaban J connectivity index is 2.18. The Morgan fingerprint density at radius 1 is 1.26 bits per heavy atom. The van der Waals surface area contributed by atoms with E-state index in [-0.39, 0.29) is 23.9 Å². The summed E-state index contributed by atoms with van der Waals surface area (Å²) in [5.74, 6) is -0.714. The maximum atomic E-state index is 13.1. The number of non-ortho nitro benzene ring substituents is 1. The third-order valence-electron chi connectivity index (χ3n) is 3.61. The summed E-state index contributed by atoms with van der Waals surface area (Å²) >= 11 is 0. The number of anilines is 2. The zero-order chi connectivity index (χ0) is 19.9. The number of nitro groups is 1. The molecular formula is C17H19F3N4O3. The maximum Gasteiger partial charge on any atom is 0.423 e. The van der Waals surface area contributed by atoms with E-state index >= 15 is 0 Å². The molecule has 0 atom stereocenters. The lowest BCUT2D eigenvalue weighted by molar-refractivity contribution is -0.384. The molecule has 1 aromatic heterocycles. The molecule has 0 saturated heterocycles. The third-order valence-corrected chi connectivity index (χ3v) is 3.61. The number of nitro benzene ring substituents is 1. The summed E-state index contributed by atoms with van der Waals surface area (Å²) in [6.07, 6.45) is -0.584. The molecule has 0 radical (unpaired) electrons. The fourth-order valence-corrected chi connectivity index (χ4v) is 2.25. The Kier molecular flexibility index (Phi) is 6.91. The van der Waals surface area contributed by atoms with Crippen LogP contribution in [0.15, 0.2) is 30.5 Å². The zero-order valence-corrected chi connectivity index (χ0v) is 14.6. The number of aromatic nitrogens is 2. The highest BCUT2D eigenvalue weighted by Crippen LogP contribution is 2.35. The summed E-state index contributed by atoms with van der Waals surface area (Å²) in [6.45, 7) is 2.13. The first-order valence-corrected chi connectivity index (χ1v) is 8.39. The van der Waals surface area contributed by atoms with Crippen molar-refractivity contribution in [2.24, 2.45) is 0 Å². The van der Waals surface area contributed by atoms with Gasteiger partial charge in [0.15, 0.2) is 0 Å². The Morgan fingerprint density at radius 2 is 2.04 bits per heavy atom. The Hall–Kier alpha value is -2.91. The minimum atomic E-state index is -4.65. The third kappa shape index (κ3) is 6.08. The smallest absolute Gasteiger partial charge is 0.423 e. The number of nitrogens with one attached hydrogen (secondary N) is 1. The van der Waals surface area contributed by atoms with E-state index in [1.807, 2.05) is 6.92 Å². The summed E-state index contributed by atoms with van der Waals surface area (Å²) in [5, 5.41) is 13.5. The van der Waals surface area contributed by atoms with Gasteiger partial charge in [-0.2, -0.15) is 18.2 Å². The number of nitrogens with zero attached hydrogens (tertiary/aromatic N) is 3. The summed E-state index contributed by atoms with van der Waals surface area (Å²) in [7, 11) is 0. The van der Waals surface area contributed by atoms with Crippen LogP contribution in [0.5, 0.6) is 5.88 Å². The van der Waals surface area contributed by atoms with Crippen LogP contribution in [-0.2, 0) is 6.18 Å². The summed E-state index contributed by atoms with van der Waals surface area (Å²) in [6, 6.07) is 5.48. The molecule has 146 valence electrons. The lowest BCUT2D eigenvalue weighted by atomic mass is 10.2. The van der Waals surface area contributed by atoms with E-state index < -0.39 is 22.5 Å². The zero-order valence-electron chi connectivity index (χ0n) is 14.6. The van der Waals surface area contributed by atoms with Crippen molar-refractivity contribution >= 4 is 17.3 Å². The predicted molar refractivity (Wildman–Crippen MR) is 93.1 cm³/mol. The maximum absolute atomic E-state index is 13.1. The lowest BCUT2D eigenvalue weighted by Gasteiger charge is -2.14. The normalized spacial score (nSPS) is 11.3. The van der Waals surface area contributed by atoms with Gasteiger partial charge in [0.2, 0.25) is 11.8 Å². The molecular weight excluding hydrogens is 365 g/mol. The standard InChI is InChI=1S/C17H19F3N4O3/c1-2-3-4-5-9-27-15-14(17(18,19)20)11-21-16(23-15)22-12-7-6-8-13(10-12)24(25)26/h6-8,10-11H,2-5,9H2,1H3,(H,21,22,23). The van der Waals surface area contributed by atoms with Crippen LogP contribution < -0.4 is 10.1 Å². The summed E-state index contributed by atoms with van der Waals surface area (Å²) in [5.41, 5.74) is -0.959. The monoisotopic (exact) mass is 384 g/mol. The minimum absolute atomic E-state index is 0.107. The van der Waals surface area contributed by atoms with Gasteiger partial charge < -0.3 is 10.1 Å². The number of hydrogen-bond donors (Lipinski definition) is 1. The van der Waals surface area contributed by atoms with E-state index in [0.29, 0.717) is 12.6 Å². The number of ether oxygens (including phenoxy) is 1. The van der Waals surface area contributed by atoms with Crippen molar-refractivity contribution in [1.82, 2.24) is 9.97 Å². The van der Waals surface area contributed by atoms with Crippen LogP contribution in [0, 0.1) is 10.1 Å². The van der Waals surface area contributed by atoms with Crippen LogP contribution in [-0.4, -0.2) is 21.5 Å². The lowest BCUT2D eigenvalue weighted by Crippen LogP contribution is -2.13. The predicted octanol–water partition coefficient (Wildman–Crippen LogP) is 5.11. The van der Waals surface area contributed by atoms with Crippen molar-refractivity contribution < 1.29 is 22.8 Å². The molecule has 0 fully saturated rings. The van der Waals surface area contributed by atoms with Gasteiger partial charge in [0.25, 0.3) is 5.69 Å². The molecule has 2 rings (SSSR count). The van der Waals surface area contributed by atoms with Gasteiger partial charge in [0, 0.05) is 24.0 Å². The molecule has 2 aromatic rings. The van der Waals surface area contributed by atoms with Crippen molar-refractivity contribution in [2.45, 2.75) is 38.8 Å². The van der Waals surface area contributed by atoms with Gasteiger partial charge in [0.05, 0.1) is 11.5 Å². The number of alkyl halides is 3. The van der Waals surface area contributed by atoms with E-state index in [0.717, 1.165) is 19.3 Å². The molecule has 0 spiro atoms. The largest absolute Gasteiger partial charge is 0.477 e. The second kappa shape index (κ2) is 9.15. The molecule has 0 amide bonds. The van der Waals surface area contributed by atoms with E-state index in [9.17, 15) is 23.3 Å². The van der Waals surface area contributed by atoms with E-state index in [4.69, 9.17) is 4.74 Å². The molecule has 7 nitrogen and oxygen atoms in total. The van der Waals surface area contributed by atoms with Gasteiger partial charge in [-0.15, -0.1) is 0 Å². The Morgan fingerprint density at radius 3 is 2.70 bits per heavy atom. The molecule has 10 heteroatoms. The van der Waals surface area contributed by atoms with E-state index in [1.54, 1.807) is 0 Å². The fourth-order valence-electron chi connectivity index (χ4n) is 2.25. The van der Waals surface area contributed by atoms with Gasteiger partial charge in [-0.3, -0.25) is 10.1 Å². The van der Waals surface area contributed by atoms with E-state index in [1.165, 1.54) is 24.3 Å². The molecule has 0 saturated carbocycles. The highest BCUT2D eigenvalue weighted by Gasteiger charge is 2.36. The van der Waals surface area contributed by atoms with Gasteiger partial charge in [-0.25, -0.2) is 4.98 Å². The van der Waals surface area contributed by atoms with Gasteiger partial charge in [-0.1, -0.05) is 32.3 Å². The minimum Gasteiger partial charge on any atom is -0.477 e. The highest BCUT2D eigenvalue weighted by atomic mass is 19.4. The average Bonchev–Trinajstić information content (AvgIpc) is 2.61. The van der Waals surface area contributed by atoms with Crippen LogP contribution in [0.25, 0.3) is 0 Å². The molecule has 0 aliphatic carbocycles. The molecule has 0 aliphatic heterocycles. The van der Waals surface area contributed by atoms with Crippen LogP contribution >= 0.6 is 0 Å². The van der Waals surface area contributed by atoms with Crippen molar-refractivity contribution in [3.63, 3.8) is 0 Å². The SMILES string of the molecule is CCCCCCOc1nc(Nc2cccc([N+](=O)[O-])c2)ncc1C(F)(F)F. The van der Waals surface area contributed by atoms with Crippen LogP contribution in [0.3, 0.4) is 0 Å². The average molecular weight is 384 g/mol. The molecule has 1 N–H and O–H groups in total. The highest BCUT2D eigenvalue weighted by molar-refractivity contribution is 5.58. The van der Waals surface area contributed by atoms with Gasteiger partial charge in [-0.05, 0) is 12.5 Å². The number of hydrogen-bond acceptors (Lipinski definition) is 6. The topological polar surface area (TPSA) is 90.2 Å². The Labute approximate surface area is 153 Å². The number of rotatable bonds is 9. The van der Waals surface area contributed by atoms with Crippen LogP contribution in [0.1, 0.15) is 38.2 Å². The van der Waals surface area contributed by atoms with E-state index in [2.05, 4.69) is 15.3 Å². The van der Waals surface area contributed by atoms with Crippen LogP contribution in [0.2, 0.25) is 0 Å². The summed E-state index contributed by atoms with van der Waals surface area (Å²) < 4.78 is 44.6. The molecule has 27 heavy (non-hydrogen) atoms. The Bertz CT molecular complexity index is 784. The fraction of sp³-hybridized carbons (Fsp3) is 0.412. The van der Waals surface area contributed by atoms with Crippen molar-refractivity contribution in [3.05, 3.63) is 46.1 Å². The second-order valence-electron chi connectivity index (χ2n) is 5.75. The quantitative estimate of drug-likeness (QED) is 0.367. The summed E-state index contributed by atoms with van der Waals surface area (Å²) in [4.78, 5) is 17.7. The molecule has 0 bridgehead atoms. The first kappa shape index (κ1) is 20.4. The van der Waals surface area contributed by atoms with Crippen molar-refractivity contribution in [1.29, 1.82) is 0 Å².